The van der Waals surface area contributed by atoms with Gasteiger partial charge in [0.2, 0.25) is 10.0 Å². The lowest BCUT2D eigenvalue weighted by atomic mass is 9.99. The Labute approximate surface area is 158 Å². The lowest BCUT2D eigenvalue weighted by molar-refractivity contribution is -0.159. The smallest absolute Gasteiger partial charge is 0.307 e. The third kappa shape index (κ3) is 6.28. The SMILES string of the molecule is CC1CCN(C(=O)C(C)OC(=O)CCNS(=O)(=O)c2ccc(F)cc2)CC1. The fourth-order valence-corrected chi connectivity index (χ4v) is 3.81. The molecular weight excluding hydrogens is 375 g/mol. The van der Waals surface area contributed by atoms with Gasteiger partial charge in [0, 0.05) is 19.6 Å². The first-order chi connectivity index (χ1) is 12.7. The van der Waals surface area contributed by atoms with E-state index in [0.717, 1.165) is 37.1 Å². The quantitative estimate of drug-likeness (QED) is 0.703. The average Bonchev–Trinajstić information content (AvgIpc) is 2.62. The van der Waals surface area contributed by atoms with E-state index in [0.29, 0.717) is 19.0 Å². The zero-order chi connectivity index (χ0) is 20.0. The summed E-state index contributed by atoms with van der Waals surface area (Å²) < 4.78 is 44.3. The highest BCUT2D eigenvalue weighted by atomic mass is 32.2. The molecule has 1 amide bonds. The number of ether oxygens (including phenoxy) is 1. The second-order valence-electron chi connectivity index (χ2n) is 6.74. The number of amides is 1. The van der Waals surface area contributed by atoms with Crippen molar-refractivity contribution >= 4 is 21.9 Å². The van der Waals surface area contributed by atoms with Crippen molar-refractivity contribution in [2.24, 2.45) is 5.92 Å². The van der Waals surface area contributed by atoms with E-state index < -0.39 is 27.9 Å². The zero-order valence-corrected chi connectivity index (χ0v) is 16.3. The third-order valence-corrected chi connectivity index (χ3v) is 5.97. The number of nitrogens with one attached hydrogen (secondary N) is 1. The van der Waals surface area contributed by atoms with Gasteiger partial charge in [0.25, 0.3) is 5.91 Å². The van der Waals surface area contributed by atoms with Gasteiger partial charge in [-0.2, -0.15) is 0 Å². The predicted octanol–water partition coefficient (Wildman–Crippen LogP) is 1.68. The second kappa shape index (κ2) is 9.27. The molecule has 27 heavy (non-hydrogen) atoms. The maximum atomic E-state index is 12.9. The van der Waals surface area contributed by atoms with Crippen molar-refractivity contribution in [2.75, 3.05) is 19.6 Å². The Balaban J connectivity index is 1.76. The summed E-state index contributed by atoms with van der Waals surface area (Å²) in [6.45, 7) is 4.78. The van der Waals surface area contributed by atoms with Gasteiger partial charge < -0.3 is 9.64 Å². The van der Waals surface area contributed by atoms with E-state index in [9.17, 15) is 22.4 Å². The fraction of sp³-hybridized carbons (Fsp3) is 0.556. The molecule has 1 aromatic rings. The van der Waals surface area contributed by atoms with Crippen LogP contribution in [0.15, 0.2) is 29.2 Å². The maximum absolute atomic E-state index is 12.9. The van der Waals surface area contributed by atoms with Crippen LogP contribution in [0.4, 0.5) is 4.39 Å². The fourth-order valence-electron chi connectivity index (χ4n) is 2.78. The number of rotatable bonds is 7. The van der Waals surface area contributed by atoms with Crippen LogP contribution in [0.5, 0.6) is 0 Å². The zero-order valence-electron chi connectivity index (χ0n) is 15.5. The second-order valence-corrected chi connectivity index (χ2v) is 8.51. The summed E-state index contributed by atoms with van der Waals surface area (Å²) in [5.74, 6) is -0.856. The number of sulfonamides is 1. The van der Waals surface area contributed by atoms with E-state index in [4.69, 9.17) is 4.74 Å². The molecule has 1 N–H and O–H groups in total. The number of piperidine rings is 1. The molecule has 0 saturated carbocycles. The summed E-state index contributed by atoms with van der Waals surface area (Å²) in [7, 11) is -3.84. The first-order valence-electron chi connectivity index (χ1n) is 8.92. The van der Waals surface area contributed by atoms with Crippen LogP contribution >= 0.6 is 0 Å². The van der Waals surface area contributed by atoms with Gasteiger partial charge in [-0.1, -0.05) is 6.92 Å². The molecule has 7 nitrogen and oxygen atoms in total. The van der Waals surface area contributed by atoms with Gasteiger partial charge in [0.1, 0.15) is 5.82 Å². The molecule has 1 unspecified atom stereocenters. The lowest BCUT2D eigenvalue weighted by Gasteiger charge is -2.31. The van der Waals surface area contributed by atoms with Crippen LogP contribution < -0.4 is 4.72 Å². The highest BCUT2D eigenvalue weighted by molar-refractivity contribution is 7.89. The summed E-state index contributed by atoms with van der Waals surface area (Å²) in [5, 5.41) is 0. The van der Waals surface area contributed by atoms with Gasteiger partial charge in [0.15, 0.2) is 6.10 Å². The first-order valence-corrected chi connectivity index (χ1v) is 10.4. The average molecular weight is 400 g/mol. The monoisotopic (exact) mass is 400 g/mol. The number of carbonyl (C=O) groups excluding carboxylic acids is 2. The highest BCUT2D eigenvalue weighted by Gasteiger charge is 2.26. The molecule has 0 aliphatic carbocycles. The number of esters is 1. The van der Waals surface area contributed by atoms with Gasteiger partial charge >= 0.3 is 5.97 Å². The minimum atomic E-state index is -3.84. The molecule has 0 radical (unpaired) electrons. The number of nitrogens with zero attached hydrogens (tertiary/aromatic N) is 1. The normalized spacial score (nSPS) is 16.8. The molecule has 1 aliphatic rings. The van der Waals surface area contributed by atoms with Gasteiger partial charge in [-0.05, 0) is 49.9 Å². The molecule has 1 heterocycles. The molecule has 1 saturated heterocycles. The Morgan fingerprint density at radius 3 is 2.44 bits per heavy atom. The van der Waals surface area contributed by atoms with E-state index in [-0.39, 0.29) is 23.8 Å². The summed E-state index contributed by atoms with van der Waals surface area (Å²) in [6.07, 6.45) is 0.740. The van der Waals surface area contributed by atoms with E-state index in [1.165, 1.54) is 6.92 Å². The van der Waals surface area contributed by atoms with Gasteiger partial charge in [-0.3, -0.25) is 9.59 Å². The van der Waals surface area contributed by atoms with Gasteiger partial charge in [-0.25, -0.2) is 17.5 Å². The first kappa shape index (κ1) is 21.3. The minimum Gasteiger partial charge on any atom is -0.452 e. The van der Waals surface area contributed by atoms with Crippen LogP contribution in [-0.2, 0) is 24.3 Å². The Morgan fingerprint density at radius 1 is 1.26 bits per heavy atom. The number of benzene rings is 1. The molecule has 9 heteroatoms. The molecule has 0 aromatic heterocycles. The summed E-state index contributed by atoms with van der Waals surface area (Å²) in [5.41, 5.74) is 0. The van der Waals surface area contributed by atoms with E-state index in [1.807, 2.05) is 0 Å². The molecule has 0 spiro atoms. The molecule has 1 aromatic carbocycles. The van der Waals surface area contributed by atoms with E-state index in [1.54, 1.807) is 4.90 Å². The number of hydrogen-bond acceptors (Lipinski definition) is 5. The van der Waals surface area contributed by atoms with Crippen molar-refractivity contribution in [3.63, 3.8) is 0 Å². The van der Waals surface area contributed by atoms with Crippen molar-refractivity contribution in [3.05, 3.63) is 30.1 Å². The number of carbonyl (C=O) groups is 2. The van der Waals surface area contributed by atoms with Crippen LogP contribution in [-0.4, -0.2) is 50.9 Å². The van der Waals surface area contributed by atoms with Crippen LogP contribution in [0, 0.1) is 11.7 Å². The van der Waals surface area contributed by atoms with Gasteiger partial charge in [-0.15, -0.1) is 0 Å². The van der Waals surface area contributed by atoms with Crippen molar-refractivity contribution < 1.29 is 27.1 Å². The predicted molar refractivity (Wildman–Crippen MR) is 96.7 cm³/mol. The topological polar surface area (TPSA) is 92.8 Å². The van der Waals surface area contributed by atoms with Crippen molar-refractivity contribution in [3.8, 4) is 0 Å². The van der Waals surface area contributed by atoms with E-state index in [2.05, 4.69) is 11.6 Å². The number of likely N-dealkylation sites (tertiary alicyclic amines) is 1. The van der Waals surface area contributed by atoms with Crippen LogP contribution in [0.1, 0.15) is 33.1 Å². The summed E-state index contributed by atoms with van der Waals surface area (Å²) in [4.78, 5) is 25.8. The van der Waals surface area contributed by atoms with Crippen LogP contribution in [0.3, 0.4) is 0 Å². The number of hydrogen-bond donors (Lipinski definition) is 1. The minimum absolute atomic E-state index is 0.0971. The molecule has 1 aliphatic heterocycles. The Bertz CT molecular complexity index is 758. The van der Waals surface area contributed by atoms with E-state index >= 15 is 0 Å². The molecule has 1 atom stereocenters. The van der Waals surface area contributed by atoms with Crippen LogP contribution in [0.2, 0.25) is 0 Å². The Hall–Kier alpha value is -2.00. The molecule has 1 fully saturated rings. The third-order valence-electron chi connectivity index (χ3n) is 4.50. The Kier molecular flexibility index (Phi) is 7.32. The van der Waals surface area contributed by atoms with Crippen molar-refractivity contribution in [1.29, 1.82) is 0 Å². The maximum Gasteiger partial charge on any atom is 0.307 e. The molecule has 2 rings (SSSR count). The molecule has 0 bridgehead atoms. The summed E-state index contributed by atoms with van der Waals surface area (Å²) in [6, 6.07) is 4.35. The lowest BCUT2D eigenvalue weighted by Crippen LogP contribution is -2.44. The van der Waals surface area contributed by atoms with Crippen molar-refractivity contribution in [2.45, 2.75) is 44.1 Å². The van der Waals surface area contributed by atoms with Crippen LogP contribution in [0.25, 0.3) is 0 Å². The standard InChI is InChI=1S/C18H25FN2O5S/c1-13-8-11-21(12-9-13)18(23)14(2)26-17(22)7-10-20-27(24,25)16-5-3-15(19)4-6-16/h3-6,13-14,20H,7-12H2,1-2H3. The molecule has 150 valence electrons. The van der Waals surface area contributed by atoms with Crippen molar-refractivity contribution in [1.82, 2.24) is 9.62 Å². The molecular formula is C18H25FN2O5S. The van der Waals surface area contributed by atoms with Gasteiger partial charge in [0.05, 0.1) is 11.3 Å². The largest absolute Gasteiger partial charge is 0.452 e. The highest BCUT2D eigenvalue weighted by Crippen LogP contribution is 2.17. The number of halogens is 1. The Morgan fingerprint density at radius 2 is 1.85 bits per heavy atom. The summed E-state index contributed by atoms with van der Waals surface area (Å²) >= 11 is 0.